The minimum absolute atomic E-state index is 0.0215. The Morgan fingerprint density at radius 2 is 1.74 bits per heavy atom. The van der Waals surface area contributed by atoms with Gasteiger partial charge in [-0.15, -0.1) is 0 Å². The molecule has 1 aromatic rings. The van der Waals surface area contributed by atoms with Crippen LogP contribution in [0, 0.1) is 17.3 Å². The number of nitrogens with zero attached hydrogens (tertiary/aromatic N) is 3. The van der Waals surface area contributed by atoms with Crippen LogP contribution in [0.25, 0.3) is 0 Å². The standard InChI is InChI=1S/C21H31N3O3/c1-20(2,3)27-19(26)17-16(21(17,4)5)14-23-10-12-24(13-11-23)18(25)15-6-8-22-9-7-15/h6-9,16-17H,10-14H2,1-5H3/t16-,17+/m0/s1. The highest BCUT2D eigenvalue weighted by atomic mass is 16.6. The predicted octanol–water partition coefficient (Wildman–Crippen LogP) is 2.45. The Hall–Kier alpha value is -1.95. The topological polar surface area (TPSA) is 62.7 Å². The number of hydrogen-bond acceptors (Lipinski definition) is 5. The molecule has 2 atom stereocenters. The Morgan fingerprint density at radius 3 is 2.30 bits per heavy atom. The number of hydrogen-bond donors (Lipinski definition) is 0. The second-order valence-electron chi connectivity index (χ2n) is 9.27. The Balaban J connectivity index is 1.51. The van der Waals surface area contributed by atoms with E-state index in [9.17, 15) is 9.59 Å². The number of amides is 1. The van der Waals surface area contributed by atoms with Crippen molar-refractivity contribution >= 4 is 11.9 Å². The minimum Gasteiger partial charge on any atom is -0.460 e. The van der Waals surface area contributed by atoms with Gasteiger partial charge in [0, 0.05) is 50.7 Å². The van der Waals surface area contributed by atoms with Crippen LogP contribution in [0.2, 0.25) is 0 Å². The number of pyridine rings is 1. The number of aromatic nitrogens is 1. The molecule has 2 fully saturated rings. The first kappa shape index (κ1) is 19.8. The lowest BCUT2D eigenvalue weighted by atomic mass is 10.1. The predicted molar refractivity (Wildman–Crippen MR) is 103 cm³/mol. The number of rotatable bonds is 4. The number of esters is 1. The molecule has 2 aliphatic rings. The Bertz CT molecular complexity index is 688. The lowest BCUT2D eigenvalue weighted by Gasteiger charge is -2.35. The van der Waals surface area contributed by atoms with E-state index in [1.807, 2.05) is 25.7 Å². The van der Waals surface area contributed by atoms with Crippen molar-refractivity contribution in [3.8, 4) is 0 Å². The van der Waals surface area contributed by atoms with E-state index < -0.39 is 5.60 Å². The van der Waals surface area contributed by atoms with Crippen LogP contribution in [0.1, 0.15) is 45.0 Å². The van der Waals surface area contributed by atoms with Crippen molar-refractivity contribution in [3.63, 3.8) is 0 Å². The normalized spacial score (nSPS) is 25.1. The largest absolute Gasteiger partial charge is 0.460 e. The van der Waals surface area contributed by atoms with Crippen molar-refractivity contribution in [2.75, 3.05) is 32.7 Å². The molecule has 0 radical (unpaired) electrons. The molecule has 6 nitrogen and oxygen atoms in total. The number of piperazine rings is 1. The van der Waals surface area contributed by atoms with Crippen molar-refractivity contribution in [1.82, 2.24) is 14.8 Å². The first-order valence-corrected chi connectivity index (χ1v) is 9.74. The molecule has 1 saturated carbocycles. The van der Waals surface area contributed by atoms with E-state index in [1.54, 1.807) is 24.5 Å². The molecule has 0 bridgehead atoms. The van der Waals surface area contributed by atoms with Gasteiger partial charge < -0.3 is 9.64 Å². The Labute approximate surface area is 161 Å². The van der Waals surface area contributed by atoms with E-state index in [1.165, 1.54) is 0 Å². The summed E-state index contributed by atoms with van der Waals surface area (Å²) in [5.41, 5.74) is 0.220. The molecule has 1 aromatic heterocycles. The summed E-state index contributed by atoms with van der Waals surface area (Å²) in [6.45, 7) is 14.0. The monoisotopic (exact) mass is 373 g/mol. The molecule has 2 heterocycles. The fourth-order valence-corrected chi connectivity index (χ4v) is 4.01. The van der Waals surface area contributed by atoms with Crippen LogP contribution in [0.5, 0.6) is 0 Å². The minimum atomic E-state index is -0.445. The van der Waals surface area contributed by atoms with E-state index in [0.29, 0.717) is 24.6 Å². The molecule has 0 N–H and O–H groups in total. The quantitative estimate of drug-likeness (QED) is 0.759. The van der Waals surface area contributed by atoms with Gasteiger partial charge in [0.25, 0.3) is 5.91 Å². The van der Waals surface area contributed by atoms with Crippen molar-refractivity contribution in [2.24, 2.45) is 17.3 Å². The van der Waals surface area contributed by atoms with Crippen molar-refractivity contribution in [2.45, 2.75) is 40.2 Å². The van der Waals surface area contributed by atoms with Crippen LogP contribution in [-0.2, 0) is 9.53 Å². The molecule has 3 rings (SSSR count). The summed E-state index contributed by atoms with van der Waals surface area (Å²) in [7, 11) is 0. The summed E-state index contributed by atoms with van der Waals surface area (Å²) in [5, 5.41) is 0. The Kier molecular flexibility index (Phi) is 5.30. The number of carbonyl (C=O) groups excluding carboxylic acids is 2. The number of ether oxygens (including phenoxy) is 1. The molecule has 0 aromatic carbocycles. The van der Waals surface area contributed by atoms with Gasteiger partial charge in [-0.1, -0.05) is 13.8 Å². The molecule has 148 valence electrons. The van der Waals surface area contributed by atoms with E-state index >= 15 is 0 Å². The van der Waals surface area contributed by atoms with Gasteiger partial charge in [0.15, 0.2) is 0 Å². The lowest BCUT2D eigenvalue weighted by molar-refractivity contribution is -0.157. The third-order valence-electron chi connectivity index (χ3n) is 5.75. The molecule has 1 saturated heterocycles. The van der Waals surface area contributed by atoms with Gasteiger partial charge in [0.2, 0.25) is 0 Å². The lowest BCUT2D eigenvalue weighted by Crippen LogP contribution is -2.49. The maximum absolute atomic E-state index is 12.5. The SMILES string of the molecule is CC(C)(C)OC(=O)[C@H]1[C@H](CN2CCN(C(=O)c3ccncc3)CC2)C1(C)C. The summed E-state index contributed by atoms with van der Waals surface area (Å²) in [4.78, 5) is 33.3. The van der Waals surface area contributed by atoms with E-state index in [4.69, 9.17) is 4.74 Å². The maximum Gasteiger partial charge on any atom is 0.310 e. The second-order valence-corrected chi connectivity index (χ2v) is 9.27. The van der Waals surface area contributed by atoms with Gasteiger partial charge in [-0.25, -0.2) is 0 Å². The van der Waals surface area contributed by atoms with Crippen molar-refractivity contribution < 1.29 is 14.3 Å². The molecule has 0 unspecified atom stereocenters. The van der Waals surface area contributed by atoms with Gasteiger partial charge >= 0.3 is 5.97 Å². The summed E-state index contributed by atoms with van der Waals surface area (Å²) in [6, 6.07) is 3.51. The smallest absolute Gasteiger partial charge is 0.310 e. The molecule has 27 heavy (non-hydrogen) atoms. The molecule has 1 aliphatic heterocycles. The zero-order valence-corrected chi connectivity index (χ0v) is 17.1. The molecule has 6 heteroatoms. The van der Waals surface area contributed by atoms with E-state index in [2.05, 4.69) is 23.7 Å². The molecule has 0 spiro atoms. The molecular weight excluding hydrogens is 342 g/mol. The summed E-state index contributed by atoms with van der Waals surface area (Å²) < 4.78 is 5.60. The van der Waals surface area contributed by atoms with Gasteiger partial charge in [-0.3, -0.25) is 19.5 Å². The highest BCUT2D eigenvalue weighted by Crippen LogP contribution is 2.59. The fraction of sp³-hybridized carbons (Fsp3) is 0.667. The van der Waals surface area contributed by atoms with Crippen molar-refractivity contribution in [3.05, 3.63) is 30.1 Å². The third kappa shape index (κ3) is 4.49. The summed E-state index contributed by atoms with van der Waals surface area (Å²) in [6.07, 6.45) is 3.30. The van der Waals surface area contributed by atoms with Crippen LogP contribution in [0.3, 0.4) is 0 Å². The first-order valence-electron chi connectivity index (χ1n) is 9.74. The highest BCUT2D eigenvalue weighted by molar-refractivity contribution is 5.94. The Morgan fingerprint density at radius 1 is 1.15 bits per heavy atom. The van der Waals surface area contributed by atoms with Gasteiger partial charge in [0.1, 0.15) is 5.60 Å². The molecule has 1 amide bonds. The highest BCUT2D eigenvalue weighted by Gasteiger charge is 2.63. The summed E-state index contributed by atoms with van der Waals surface area (Å²) >= 11 is 0. The van der Waals surface area contributed by atoms with Crippen LogP contribution in [-0.4, -0.2) is 65.0 Å². The van der Waals surface area contributed by atoms with E-state index in [0.717, 1.165) is 19.6 Å². The van der Waals surface area contributed by atoms with Crippen LogP contribution in [0.4, 0.5) is 0 Å². The molecular formula is C21H31N3O3. The maximum atomic E-state index is 12.5. The van der Waals surface area contributed by atoms with Gasteiger partial charge in [-0.2, -0.15) is 0 Å². The molecule has 1 aliphatic carbocycles. The number of carbonyl (C=O) groups is 2. The average Bonchev–Trinajstić information content (AvgIpc) is 3.14. The third-order valence-corrected chi connectivity index (χ3v) is 5.75. The zero-order valence-electron chi connectivity index (χ0n) is 17.1. The summed E-state index contributed by atoms with van der Waals surface area (Å²) in [5.74, 6) is 0.266. The second kappa shape index (κ2) is 7.23. The fourth-order valence-electron chi connectivity index (χ4n) is 4.01. The first-order chi connectivity index (χ1) is 12.6. The zero-order chi connectivity index (χ0) is 19.8. The van der Waals surface area contributed by atoms with Gasteiger partial charge in [-0.05, 0) is 44.2 Å². The van der Waals surface area contributed by atoms with Crippen LogP contribution >= 0.6 is 0 Å². The van der Waals surface area contributed by atoms with Crippen LogP contribution in [0.15, 0.2) is 24.5 Å². The average molecular weight is 373 g/mol. The van der Waals surface area contributed by atoms with Crippen molar-refractivity contribution in [1.29, 1.82) is 0 Å². The van der Waals surface area contributed by atoms with Gasteiger partial charge in [0.05, 0.1) is 5.92 Å². The van der Waals surface area contributed by atoms with E-state index in [-0.39, 0.29) is 23.2 Å². The van der Waals surface area contributed by atoms with Crippen LogP contribution < -0.4 is 0 Å².